The zero-order valence-corrected chi connectivity index (χ0v) is 11.3. The van der Waals surface area contributed by atoms with Crippen LogP contribution in [0.1, 0.15) is 12.8 Å². The van der Waals surface area contributed by atoms with Crippen molar-refractivity contribution in [2.45, 2.75) is 12.8 Å². The van der Waals surface area contributed by atoms with E-state index in [0.717, 1.165) is 0 Å². The number of non-ortho nitro benzene ring substituents is 1. The quantitative estimate of drug-likeness (QED) is 0.645. The van der Waals surface area contributed by atoms with Gasteiger partial charge in [-0.3, -0.25) is 14.9 Å². The molecule has 0 saturated carbocycles. The topological polar surface area (TPSA) is 119 Å². The Hall–Kier alpha value is -2.64. The molecule has 8 heteroatoms. The molecule has 0 bridgehead atoms. The molecule has 0 unspecified atom stereocenters. The Morgan fingerprint density at radius 1 is 1.24 bits per heavy atom. The summed E-state index contributed by atoms with van der Waals surface area (Å²) in [4.78, 5) is 34.7. The molecule has 1 saturated heterocycles. The van der Waals surface area contributed by atoms with Gasteiger partial charge in [0.05, 0.1) is 4.92 Å². The summed E-state index contributed by atoms with van der Waals surface area (Å²) in [5.41, 5.74) is 5.69. The maximum Gasteiger partial charge on any atom is 0.321 e. The van der Waals surface area contributed by atoms with Gasteiger partial charge in [-0.15, -0.1) is 0 Å². The Morgan fingerprint density at radius 3 is 2.29 bits per heavy atom. The number of nitrogens with one attached hydrogen (secondary N) is 1. The molecule has 1 aromatic rings. The lowest BCUT2D eigenvalue weighted by Crippen LogP contribution is -2.43. The molecule has 8 nitrogen and oxygen atoms in total. The van der Waals surface area contributed by atoms with Crippen molar-refractivity contribution >= 4 is 23.3 Å². The summed E-state index contributed by atoms with van der Waals surface area (Å²) in [7, 11) is 0. The fourth-order valence-corrected chi connectivity index (χ4v) is 2.24. The summed E-state index contributed by atoms with van der Waals surface area (Å²) in [5.74, 6) is -0.501. The normalized spacial score (nSPS) is 15.5. The molecule has 112 valence electrons. The number of carbonyl (C=O) groups is 2. The van der Waals surface area contributed by atoms with E-state index in [0.29, 0.717) is 31.6 Å². The van der Waals surface area contributed by atoms with Crippen LogP contribution < -0.4 is 11.1 Å². The van der Waals surface area contributed by atoms with E-state index in [1.54, 1.807) is 4.90 Å². The second-order valence-electron chi connectivity index (χ2n) is 4.90. The van der Waals surface area contributed by atoms with Crippen molar-refractivity contribution in [2.75, 3.05) is 18.4 Å². The van der Waals surface area contributed by atoms with Crippen molar-refractivity contribution in [3.63, 3.8) is 0 Å². The molecule has 0 atom stereocenters. The number of rotatable bonds is 3. The first kappa shape index (κ1) is 14.8. The van der Waals surface area contributed by atoms with Crippen LogP contribution in [0, 0.1) is 16.0 Å². The van der Waals surface area contributed by atoms with Crippen molar-refractivity contribution in [3.05, 3.63) is 34.4 Å². The lowest BCUT2D eigenvalue weighted by molar-refractivity contribution is -0.384. The fraction of sp³-hybridized carbons (Fsp3) is 0.385. The summed E-state index contributed by atoms with van der Waals surface area (Å²) >= 11 is 0. The number of nitro benzene ring substituents is 1. The molecule has 1 fully saturated rings. The Bertz CT molecular complexity index is 550. The number of benzene rings is 1. The molecule has 0 radical (unpaired) electrons. The summed E-state index contributed by atoms with van der Waals surface area (Å²) < 4.78 is 0. The van der Waals surface area contributed by atoms with Gasteiger partial charge in [0.15, 0.2) is 0 Å². The van der Waals surface area contributed by atoms with Crippen LogP contribution in [0.4, 0.5) is 16.2 Å². The average Bonchev–Trinajstić information content (AvgIpc) is 2.47. The summed E-state index contributed by atoms with van der Waals surface area (Å²) in [6.45, 7) is 0.929. The molecule has 0 spiro atoms. The number of nitro groups is 1. The number of piperidine rings is 1. The number of amides is 3. The van der Waals surface area contributed by atoms with Crippen LogP contribution in [-0.4, -0.2) is 34.9 Å². The van der Waals surface area contributed by atoms with Gasteiger partial charge in [-0.25, -0.2) is 4.79 Å². The van der Waals surface area contributed by atoms with Gasteiger partial charge in [-0.2, -0.15) is 0 Å². The minimum atomic E-state index is -0.500. The van der Waals surface area contributed by atoms with E-state index in [4.69, 9.17) is 5.73 Å². The van der Waals surface area contributed by atoms with Crippen LogP contribution in [0.2, 0.25) is 0 Å². The van der Waals surface area contributed by atoms with Gasteiger partial charge in [0.1, 0.15) is 0 Å². The lowest BCUT2D eigenvalue weighted by atomic mass is 9.96. The molecule has 0 aliphatic carbocycles. The van der Waals surface area contributed by atoms with Crippen LogP contribution in [0.3, 0.4) is 0 Å². The van der Waals surface area contributed by atoms with Crippen molar-refractivity contribution in [3.8, 4) is 0 Å². The van der Waals surface area contributed by atoms with E-state index in [2.05, 4.69) is 5.32 Å². The van der Waals surface area contributed by atoms with Gasteiger partial charge >= 0.3 is 6.03 Å². The maximum atomic E-state index is 12.0. The fourth-order valence-electron chi connectivity index (χ4n) is 2.24. The SMILES string of the molecule is NC(=O)C1CCN(C(=O)Nc2ccc([N+](=O)[O-])cc2)CC1. The Kier molecular flexibility index (Phi) is 4.36. The molecule has 1 aliphatic rings. The first-order valence-corrected chi connectivity index (χ1v) is 6.57. The summed E-state index contributed by atoms with van der Waals surface area (Å²) in [5, 5.41) is 13.2. The standard InChI is InChI=1S/C13H16N4O4/c14-12(18)9-5-7-16(8-6-9)13(19)15-10-1-3-11(4-2-10)17(20)21/h1-4,9H,5-8H2,(H2,14,18)(H,15,19). The van der Waals surface area contributed by atoms with E-state index in [1.165, 1.54) is 24.3 Å². The van der Waals surface area contributed by atoms with Crippen molar-refractivity contribution in [2.24, 2.45) is 11.7 Å². The van der Waals surface area contributed by atoms with Crippen LogP contribution in [0.5, 0.6) is 0 Å². The van der Waals surface area contributed by atoms with Crippen LogP contribution in [0.15, 0.2) is 24.3 Å². The highest BCUT2D eigenvalue weighted by Gasteiger charge is 2.25. The highest BCUT2D eigenvalue weighted by atomic mass is 16.6. The molecule has 3 amide bonds. The molecular formula is C13H16N4O4. The van der Waals surface area contributed by atoms with Gasteiger partial charge < -0.3 is 16.0 Å². The molecule has 0 aromatic heterocycles. The minimum Gasteiger partial charge on any atom is -0.369 e. The number of nitrogens with two attached hydrogens (primary N) is 1. The molecule has 1 aromatic carbocycles. The zero-order chi connectivity index (χ0) is 15.4. The number of primary amides is 1. The molecule has 3 N–H and O–H groups in total. The zero-order valence-electron chi connectivity index (χ0n) is 11.3. The summed E-state index contributed by atoms with van der Waals surface area (Å²) in [6.07, 6.45) is 1.12. The number of carbonyl (C=O) groups excluding carboxylic acids is 2. The van der Waals surface area contributed by atoms with Crippen molar-refractivity contribution in [1.82, 2.24) is 4.90 Å². The third kappa shape index (κ3) is 3.68. The number of anilines is 1. The summed E-state index contributed by atoms with van der Waals surface area (Å²) in [6, 6.07) is 5.33. The van der Waals surface area contributed by atoms with E-state index >= 15 is 0 Å². The van der Waals surface area contributed by atoms with E-state index in [9.17, 15) is 19.7 Å². The van der Waals surface area contributed by atoms with Crippen molar-refractivity contribution in [1.29, 1.82) is 0 Å². The van der Waals surface area contributed by atoms with Crippen LogP contribution in [-0.2, 0) is 4.79 Å². The third-order valence-electron chi connectivity index (χ3n) is 3.51. The van der Waals surface area contributed by atoms with E-state index < -0.39 is 4.92 Å². The van der Waals surface area contributed by atoms with E-state index in [1.807, 2.05) is 0 Å². The smallest absolute Gasteiger partial charge is 0.321 e. The Morgan fingerprint density at radius 2 is 1.81 bits per heavy atom. The Balaban J connectivity index is 1.90. The molecular weight excluding hydrogens is 276 g/mol. The molecule has 2 rings (SSSR count). The number of hydrogen-bond acceptors (Lipinski definition) is 4. The molecule has 21 heavy (non-hydrogen) atoms. The highest BCUT2D eigenvalue weighted by Crippen LogP contribution is 2.19. The second-order valence-corrected chi connectivity index (χ2v) is 4.90. The predicted molar refractivity (Wildman–Crippen MR) is 75.6 cm³/mol. The maximum absolute atomic E-state index is 12.0. The molecule has 1 aliphatic heterocycles. The second kappa shape index (κ2) is 6.21. The predicted octanol–water partition coefficient (Wildman–Crippen LogP) is 1.32. The average molecular weight is 292 g/mol. The minimum absolute atomic E-state index is 0.0322. The van der Waals surface area contributed by atoms with Gasteiger partial charge in [0.2, 0.25) is 5.91 Å². The first-order chi connectivity index (χ1) is 9.97. The van der Waals surface area contributed by atoms with Crippen molar-refractivity contribution < 1.29 is 14.5 Å². The van der Waals surface area contributed by atoms with Crippen LogP contribution >= 0.6 is 0 Å². The van der Waals surface area contributed by atoms with Gasteiger partial charge in [0, 0.05) is 36.8 Å². The van der Waals surface area contributed by atoms with Gasteiger partial charge in [-0.05, 0) is 25.0 Å². The van der Waals surface area contributed by atoms with Gasteiger partial charge in [0.25, 0.3) is 5.69 Å². The largest absolute Gasteiger partial charge is 0.369 e. The number of urea groups is 1. The van der Waals surface area contributed by atoms with E-state index in [-0.39, 0.29) is 23.5 Å². The third-order valence-corrected chi connectivity index (χ3v) is 3.51. The number of likely N-dealkylation sites (tertiary alicyclic amines) is 1. The van der Waals surface area contributed by atoms with Crippen LogP contribution in [0.25, 0.3) is 0 Å². The van der Waals surface area contributed by atoms with Gasteiger partial charge in [-0.1, -0.05) is 0 Å². The number of hydrogen-bond donors (Lipinski definition) is 2. The molecule has 1 heterocycles. The number of nitrogens with zero attached hydrogens (tertiary/aromatic N) is 2. The Labute approximate surface area is 121 Å². The highest BCUT2D eigenvalue weighted by molar-refractivity contribution is 5.89. The lowest BCUT2D eigenvalue weighted by Gasteiger charge is -2.30. The first-order valence-electron chi connectivity index (χ1n) is 6.57. The monoisotopic (exact) mass is 292 g/mol.